The quantitative estimate of drug-likeness (QED) is 0.476. The Morgan fingerprint density at radius 3 is 2.57 bits per heavy atom. The van der Waals surface area contributed by atoms with E-state index in [1.807, 2.05) is 0 Å². The molecule has 2 unspecified atom stereocenters. The third kappa shape index (κ3) is 5.85. The fourth-order valence-electron chi connectivity index (χ4n) is 3.44. The average molecular weight is 295 g/mol. The molecule has 4 heteroatoms. The Morgan fingerprint density at radius 2 is 1.90 bits per heavy atom. The number of nitrogens with two attached hydrogens (primary N) is 1. The molecule has 2 atom stereocenters. The number of nitrogens with one attached hydrogen (secondary N) is 1. The zero-order valence-electron chi connectivity index (χ0n) is 13.8. The summed E-state index contributed by atoms with van der Waals surface area (Å²) in [5, 5.41) is 3.43. The maximum atomic E-state index is 6.07. The molecule has 4 nitrogen and oxygen atoms in total. The zero-order chi connectivity index (χ0) is 15.1. The molecule has 1 aliphatic heterocycles. The van der Waals surface area contributed by atoms with Gasteiger partial charge in [0.1, 0.15) is 0 Å². The van der Waals surface area contributed by atoms with Gasteiger partial charge < -0.3 is 15.8 Å². The molecule has 1 heterocycles. The van der Waals surface area contributed by atoms with Crippen LogP contribution in [0, 0.1) is 11.8 Å². The van der Waals surface area contributed by atoms with Crippen LogP contribution in [0.5, 0.6) is 0 Å². The van der Waals surface area contributed by atoms with E-state index in [2.05, 4.69) is 24.2 Å². The van der Waals surface area contributed by atoms with Gasteiger partial charge in [-0.3, -0.25) is 4.99 Å². The zero-order valence-corrected chi connectivity index (χ0v) is 13.8. The van der Waals surface area contributed by atoms with Crippen LogP contribution < -0.4 is 11.1 Å². The number of hydrogen-bond donors (Lipinski definition) is 2. The number of aliphatic imine (C=N–C) groups is 1. The van der Waals surface area contributed by atoms with Crippen LogP contribution in [0.4, 0.5) is 0 Å². The molecule has 2 fully saturated rings. The highest BCUT2D eigenvalue weighted by Gasteiger charge is 2.24. The van der Waals surface area contributed by atoms with Gasteiger partial charge in [-0.25, -0.2) is 0 Å². The van der Waals surface area contributed by atoms with Crippen LogP contribution in [0.25, 0.3) is 0 Å². The molecule has 0 spiro atoms. The van der Waals surface area contributed by atoms with Gasteiger partial charge in [-0.2, -0.15) is 0 Å². The lowest BCUT2D eigenvalue weighted by atomic mass is 9.90. The van der Waals surface area contributed by atoms with Crippen molar-refractivity contribution in [3.63, 3.8) is 0 Å². The Hall–Kier alpha value is -0.770. The molecule has 1 saturated carbocycles. The Labute approximate surface area is 129 Å². The van der Waals surface area contributed by atoms with Crippen molar-refractivity contribution < 1.29 is 4.74 Å². The van der Waals surface area contributed by atoms with Crippen LogP contribution in [-0.4, -0.2) is 31.3 Å². The molecule has 0 aromatic carbocycles. The summed E-state index contributed by atoms with van der Waals surface area (Å²) in [5.74, 6) is 1.87. The van der Waals surface area contributed by atoms with Gasteiger partial charge in [-0.05, 0) is 37.5 Å². The number of guanidine groups is 1. The highest BCUT2D eigenvalue weighted by molar-refractivity contribution is 5.78. The molecule has 2 aliphatic rings. The number of rotatable bonds is 4. The van der Waals surface area contributed by atoms with E-state index in [0.717, 1.165) is 26.0 Å². The summed E-state index contributed by atoms with van der Waals surface area (Å²) in [6.07, 6.45) is 10.5. The summed E-state index contributed by atoms with van der Waals surface area (Å²) >= 11 is 0. The van der Waals surface area contributed by atoms with Crippen LogP contribution in [0.2, 0.25) is 0 Å². The van der Waals surface area contributed by atoms with Crippen LogP contribution in [0.15, 0.2) is 4.99 Å². The summed E-state index contributed by atoms with van der Waals surface area (Å²) in [6, 6.07) is 0.536. The maximum Gasteiger partial charge on any atom is 0.188 e. The van der Waals surface area contributed by atoms with Gasteiger partial charge in [-0.1, -0.05) is 39.5 Å². The summed E-state index contributed by atoms with van der Waals surface area (Å²) in [7, 11) is 0. The van der Waals surface area contributed by atoms with E-state index in [-0.39, 0.29) is 0 Å². The first kappa shape index (κ1) is 16.6. The van der Waals surface area contributed by atoms with Crippen molar-refractivity contribution in [2.45, 2.75) is 77.4 Å². The molecule has 0 bridgehead atoms. The average Bonchev–Trinajstić information content (AvgIpc) is 2.74. The van der Waals surface area contributed by atoms with Crippen molar-refractivity contribution in [2.75, 3.05) is 13.2 Å². The second-order valence-electron chi connectivity index (χ2n) is 7.10. The molecule has 0 aromatic heterocycles. The van der Waals surface area contributed by atoms with Gasteiger partial charge in [0.2, 0.25) is 0 Å². The van der Waals surface area contributed by atoms with E-state index in [4.69, 9.17) is 10.5 Å². The molecule has 2 rings (SSSR count). The second kappa shape index (κ2) is 8.62. The molecule has 0 aromatic rings. The minimum Gasteiger partial charge on any atom is -0.378 e. The third-order valence-corrected chi connectivity index (χ3v) is 4.89. The smallest absolute Gasteiger partial charge is 0.188 e. The Balaban J connectivity index is 1.74. The summed E-state index contributed by atoms with van der Waals surface area (Å²) in [6.45, 7) is 6.19. The first-order chi connectivity index (χ1) is 10.1. The van der Waals surface area contributed by atoms with Crippen molar-refractivity contribution in [1.29, 1.82) is 0 Å². The van der Waals surface area contributed by atoms with Crippen molar-refractivity contribution in [3.8, 4) is 0 Å². The van der Waals surface area contributed by atoms with Crippen LogP contribution in [0.1, 0.15) is 65.2 Å². The molecular formula is C17H33N3O. The van der Waals surface area contributed by atoms with Crippen molar-refractivity contribution in [3.05, 3.63) is 0 Å². The maximum absolute atomic E-state index is 6.07. The van der Waals surface area contributed by atoms with Crippen LogP contribution >= 0.6 is 0 Å². The van der Waals surface area contributed by atoms with E-state index in [1.165, 1.54) is 38.5 Å². The lowest BCUT2D eigenvalue weighted by Gasteiger charge is -2.31. The fourth-order valence-corrected chi connectivity index (χ4v) is 3.44. The number of hydrogen-bond acceptors (Lipinski definition) is 2. The highest BCUT2D eigenvalue weighted by Crippen LogP contribution is 2.25. The first-order valence-electron chi connectivity index (χ1n) is 8.83. The number of nitrogens with zero attached hydrogens (tertiary/aromatic N) is 1. The van der Waals surface area contributed by atoms with E-state index in [1.54, 1.807) is 0 Å². The summed E-state index contributed by atoms with van der Waals surface area (Å²) in [5.41, 5.74) is 6.07. The van der Waals surface area contributed by atoms with Gasteiger partial charge in [0.05, 0.1) is 6.10 Å². The van der Waals surface area contributed by atoms with Gasteiger partial charge in [0.15, 0.2) is 5.96 Å². The normalized spacial score (nSPS) is 29.4. The summed E-state index contributed by atoms with van der Waals surface area (Å²) < 4.78 is 5.82. The van der Waals surface area contributed by atoms with Gasteiger partial charge in [0, 0.05) is 19.2 Å². The van der Waals surface area contributed by atoms with Gasteiger partial charge in [0.25, 0.3) is 0 Å². The Morgan fingerprint density at radius 1 is 1.19 bits per heavy atom. The molecule has 1 aliphatic carbocycles. The standard InChI is InChI=1S/C17H33N3O/c1-13(2)16-11-14(9-10-21-16)12-19-17(18)20-15-7-5-3-4-6-8-15/h13-16H,3-12H2,1-2H3,(H3,18,19,20). The second-order valence-corrected chi connectivity index (χ2v) is 7.10. The van der Waals surface area contributed by atoms with Gasteiger partial charge >= 0.3 is 0 Å². The Kier molecular flexibility index (Phi) is 6.81. The van der Waals surface area contributed by atoms with E-state index in [9.17, 15) is 0 Å². The molecule has 122 valence electrons. The van der Waals surface area contributed by atoms with Crippen molar-refractivity contribution in [1.82, 2.24) is 5.32 Å². The van der Waals surface area contributed by atoms with E-state index >= 15 is 0 Å². The molecule has 21 heavy (non-hydrogen) atoms. The van der Waals surface area contributed by atoms with Crippen LogP contribution in [-0.2, 0) is 4.74 Å². The van der Waals surface area contributed by atoms with Gasteiger partial charge in [-0.15, -0.1) is 0 Å². The van der Waals surface area contributed by atoms with Crippen molar-refractivity contribution in [2.24, 2.45) is 22.6 Å². The molecule has 0 radical (unpaired) electrons. The highest BCUT2D eigenvalue weighted by atomic mass is 16.5. The molecular weight excluding hydrogens is 262 g/mol. The largest absolute Gasteiger partial charge is 0.378 e. The molecule has 3 N–H and O–H groups in total. The lowest BCUT2D eigenvalue weighted by Crippen LogP contribution is -2.40. The monoisotopic (exact) mass is 295 g/mol. The SMILES string of the molecule is CC(C)C1CC(CN=C(N)NC2CCCCCC2)CCO1. The molecule has 0 amide bonds. The summed E-state index contributed by atoms with van der Waals surface area (Å²) in [4.78, 5) is 4.59. The topological polar surface area (TPSA) is 59.6 Å². The third-order valence-electron chi connectivity index (χ3n) is 4.89. The molecule has 1 saturated heterocycles. The number of ether oxygens (including phenoxy) is 1. The minimum atomic E-state index is 0.398. The van der Waals surface area contributed by atoms with Crippen molar-refractivity contribution >= 4 is 5.96 Å². The fraction of sp³-hybridized carbons (Fsp3) is 0.941. The van der Waals surface area contributed by atoms with Crippen LogP contribution in [0.3, 0.4) is 0 Å². The minimum absolute atomic E-state index is 0.398. The lowest BCUT2D eigenvalue weighted by molar-refractivity contribution is -0.0321. The van der Waals surface area contributed by atoms with E-state index < -0.39 is 0 Å². The Bertz CT molecular complexity index is 322. The first-order valence-corrected chi connectivity index (χ1v) is 8.83. The van der Waals surface area contributed by atoms with E-state index in [0.29, 0.717) is 29.9 Å². The predicted molar refractivity (Wildman–Crippen MR) is 88.4 cm³/mol. The predicted octanol–water partition coefficient (Wildman–Crippen LogP) is 3.06.